The molecule has 4 atom stereocenters. The Labute approximate surface area is 225 Å². The second-order valence-electron chi connectivity index (χ2n) is 8.96. The molecular formula is C25H34ClN5O7. The second-order valence-corrected chi connectivity index (χ2v) is 8.96. The number of aromatic hydroxyl groups is 2. The zero-order chi connectivity index (χ0) is 27.1. The van der Waals surface area contributed by atoms with Crippen LogP contribution >= 0.6 is 12.4 Å². The number of hydrogen-bond donors (Lipinski definition) is 9. The molecule has 208 valence electrons. The summed E-state index contributed by atoms with van der Waals surface area (Å²) in [4.78, 5) is 39.0. The van der Waals surface area contributed by atoms with E-state index in [0.29, 0.717) is 22.3 Å². The molecule has 0 fully saturated rings. The largest absolute Gasteiger partial charge is 0.508 e. The molecule has 1 aliphatic rings. The van der Waals surface area contributed by atoms with Crippen LogP contribution in [0.5, 0.6) is 11.5 Å². The van der Waals surface area contributed by atoms with Crippen molar-refractivity contribution in [1.82, 2.24) is 16.0 Å². The molecule has 0 spiro atoms. The molecule has 0 aromatic heterocycles. The molecule has 3 amide bonds. The lowest BCUT2D eigenvalue weighted by Gasteiger charge is -2.25. The van der Waals surface area contributed by atoms with Gasteiger partial charge in [0.05, 0.1) is 18.8 Å². The van der Waals surface area contributed by atoms with Crippen LogP contribution in [0.25, 0.3) is 11.1 Å². The summed E-state index contributed by atoms with van der Waals surface area (Å²) >= 11 is 0. The Hall–Kier alpha value is -3.42. The van der Waals surface area contributed by atoms with Crippen LogP contribution in [0, 0.1) is 0 Å². The van der Waals surface area contributed by atoms with E-state index in [1.807, 2.05) is 0 Å². The molecular weight excluding hydrogens is 518 g/mol. The highest BCUT2D eigenvalue weighted by atomic mass is 35.5. The molecule has 38 heavy (non-hydrogen) atoms. The number of carbonyl (C=O) groups is 3. The average Bonchev–Trinajstić information content (AvgIpc) is 2.88. The van der Waals surface area contributed by atoms with Crippen LogP contribution < -0.4 is 27.4 Å². The third-order valence-electron chi connectivity index (χ3n) is 6.15. The molecule has 11 N–H and O–H groups in total. The number of rotatable bonds is 6. The highest BCUT2D eigenvalue weighted by Crippen LogP contribution is 2.30. The fourth-order valence-electron chi connectivity index (χ4n) is 4.07. The number of phenolic OH excluding ortho intramolecular Hbond substituents is 2. The SMILES string of the molecule is Cl.NC[C@H](O)C[C@@H]1NC(=O)[C@@H](N)Cc2cc(ccc2O)-c2ccc(O)c(c2)C[C@@H](C(=O)NCCO)NC1=O. The lowest BCUT2D eigenvalue weighted by Crippen LogP contribution is -2.57. The van der Waals surface area contributed by atoms with Gasteiger partial charge in [-0.3, -0.25) is 14.4 Å². The molecule has 0 aliphatic carbocycles. The average molecular weight is 552 g/mol. The predicted molar refractivity (Wildman–Crippen MR) is 141 cm³/mol. The van der Waals surface area contributed by atoms with Gasteiger partial charge in [0.2, 0.25) is 17.7 Å². The van der Waals surface area contributed by atoms with Gasteiger partial charge in [-0.05, 0) is 46.5 Å². The van der Waals surface area contributed by atoms with Crippen molar-refractivity contribution in [1.29, 1.82) is 0 Å². The molecule has 12 nitrogen and oxygen atoms in total. The van der Waals surface area contributed by atoms with Crippen molar-refractivity contribution in [3.63, 3.8) is 0 Å². The quantitative estimate of drug-likeness (QED) is 0.201. The van der Waals surface area contributed by atoms with Crippen LogP contribution in [0.1, 0.15) is 17.5 Å². The first kappa shape index (κ1) is 30.8. The minimum absolute atomic E-state index is 0. The number of carbonyl (C=O) groups excluding carboxylic acids is 3. The van der Waals surface area contributed by atoms with E-state index in [4.69, 9.17) is 16.6 Å². The number of aliphatic hydroxyl groups is 2. The van der Waals surface area contributed by atoms with Crippen molar-refractivity contribution in [2.75, 3.05) is 19.7 Å². The zero-order valence-corrected chi connectivity index (χ0v) is 21.4. The lowest BCUT2D eigenvalue weighted by molar-refractivity contribution is -0.133. The van der Waals surface area contributed by atoms with Gasteiger partial charge in [-0.25, -0.2) is 0 Å². The Morgan fingerprint density at radius 2 is 1.58 bits per heavy atom. The number of fused-ring (bicyclic) bond motifs is 5. The Kier molecular flexibility index (Phi) is 11.3. The fourth-order valence-corrected chi connectivity index (χ4v) is 4.07. The number of benzene rings is 2. The maximum Gasteiger partial charge on any atom is 0.243 e. The molecule has 2 aromatic rings. The summed E-state index contributed by atoms with van der Waals surface area (Å²) in [5.41, 5.74) is 13.7. The summed E-state index contributed by atoms with van der Waals surface area (Å²) in [5, 5.41) is 47.6. The summed E-state index contributed by atoms with van der Waals surface area (Å²) in [6.07, 6.45) is -1.53. The van der Waals surface area contributed by atoms with E-state index in [1.165, 1.54) is 12.1 Å². The molecule has 1 aliphatic heterocycles. The summed E-state index contributed by atoms with van der Waals surface area (Å²) in [6.45, 7) is -0.558. The van der Waals surface area contributed by atoms with Gasteiger partial charge in [-0.1, -0.05) is 12.1 Å². The van der Waals surface area contributed by atoms with E-state index in [0.717, 1.165) is 0 Å². The van der Waals surface area contributed by atoms with Gasteiger partial charge in [-0.2, -0.15) is 0 Å². The minimum atomic E-state index is -1.28. The van der Waals surface area contributed by atoms with Gasteiger partial charge in [0.25, 0.3) is 0 Å². The van der Waals surface area contributed by atoms with Gasteiger partial charge in [0.1, 0.15) is 23.6 Å². The second kappa shape index (κ2) is 13.9. The van der Waals surface area contributed by atoms with Gasteiger partial charge in [-0.15, -0.1) is 12.4 Å². The number of hydrogen-bond acceptors (Lipinski definition) is 9. The summed E-state index contributed by atoms with van der Waals surface area (Å²) < 4.78 is 0. The number of halogens is 1. The van der Waals surface area contributed by atoms with E-state index in [2.05, 4.69) is 16.0 Å². The van der Waals surface area contributed by atoms with Gasteiger partial charge < -0.3 is 47.8 Å². The third kappa shape index (κ3) is 7.79. The van der Waals surface area contributed by atoms with E-state index in [9.17, 15) is 29.7 Å². The van der Waals surface area contributed by atoms with Crippen molar-refractivity contribution < 1.29 is 34.8 Å². The molecule has 0 saturated carbocycles. The maximum atomic E-state index is 13.2. The number of nitrogens with one attached hydrogen (secondary N) is 3. The number of aliphatic hydroxyl groups excluding tert-OH is 2. The van der Waals surface area contributed by atoms with Crippen LogP contribution in [0.15, 0.2) is 36.4 Å². The van der Waals surface area contributed by atoms with Crippen LogP contribution in [0.2, 0.25) is 0 Å². The molecule has 0 saturated heterocycles. The Morgan fingerprint density at radius 1 is 1.00 bits per heavy atom. The van der Waals surface area contributed by atoms with E-state index in [1.54, 1.807) is 24.3 Å². The minimum Gasteiger partial charge on any atom is -0.508 e. The van der Waals surface area contributed by atoms with Crippen molar-refractivity contribution in [3.8, 4) is 22.6 Å². The van der Waals surface area contributed by atoms with Crippen molar-refractivity contribution in [2.45, 2.75) is 43.5 Å². The first-order valence-corrected chi connectivity index (χ1v) is 11.9. The highest BCUT2D eigenvalue weighted by Gasteiger charge is 2.30. The number of phenols is 2. The third-order valence-corrected chi connectivity index (χ3v) is 6.15. The number of nitrogens with two attached hydrogens (primary N) is 2. The molecule has 0 unspecified atom stereocenters. The normalized spacial score (nSPS) is 20.6. The van der Waals surface area contributed by atoms with Crippen molar-refractivity contribution >= 4 is 30.1 Å². The lowest BCUT2D eigenvalue weighted by atomic mass is 9.95. The monoisotopic (exact) mass is 551 g/mol. The molecule has 3 rings (SSSR count). The molecule has 1 heterocycles. The van der Waals surface area contributed by atoms with E-state index in [-0.39, 0.29) is 62.9 Å². The first-order valence-electron chi connectivity index (χ1n) is 11.9. The van der Waals surface area contributed by atoms with E-state index >= 15 is 0 Å². The topological polar surface area (TPSA) is 220 Å². The Morgan fingerprint density at radius 3 is 2.13 bits per heavy atom. The Bertz CT molecular complexity index is 1150. The number of amides is 3. The standard InChI is InChI=1S/C25H33N5O7.ClH/c26-12-17(32)11-20-25(37)30-19(24(36)28-5-6-31)10-16-8-14(2-4-22(16)34)13-1-3-21(33)15(7-13)9-18(27)23(35)29-20;/h1-4,7-8,17-20,31-34H,5-6,9-12,26-27H2,(H,28,36)(H,29,35)(H,30,37);1H/t17-,18+,19+,20+;/m1./s1. The van der Waals surface area contributed by atoms with Crippen LogP contribution in [-0.2, 0) is 27.2 Å². The van der Waals surface area contributed by atoms with Gasteiger partial charge in [0.15, 0.2) is 0 Å². The summed E-state index contributed by atoms with van der Waals surface area (Å²) in [6, 6.07) is 5.95. The van der Waals surface area contributed by atoms with Crippen molar-refractivity contribution in [3.05, 3.63) is 47.5 Å². The molecule has 4 bridgehead atoms. The smallest absolute Gasteiger partial charge is 0.243 e. The molecule has 2 aromatic carbocycles. The van der Waals surface area contributed by atoms with E-state index < -0.39 is 42.0 Å². The molecule has 13 heteroatoms. The highest BCUT2D eigenvalue weighted by molar-refractivity contribution is 5.93. The van der Waals surface area contributed by atoms with Crippen LogP contribution in [0.4, 0.5) is 0 Å². The first-order chi connectivity index (χ1) is 17.6. The van der Waals surface area contributed by atoms with Gasteiger partial charge >= 0.3 is 0 Å². The predicted octanol–water partition coefficient (Wildman–Crippen LogP) is -1.60. The maximum absolute atomic E-state index is 13.2. The molecule has 0 radical (unpaired) electrons. The Balaban J connectivity index is 0.00000507. The zero-order valence-electron chi connectivity index (χ0n) is 20.6. The fraction of sp³-hybridized carbons (Fsp3) is 0.400. The van der Waals surface area contributed by atoms with Crippen molar-refractivity contribution in [2.24, 2.45) is 11.5 Å². The van der Waals surface area contributed by atoms with Crippen LogP contribution in [-0.4, -0.2) is 82.1 Å². The summed E-state index contributed by atoms with van der Waals surface area (Å²) in [5.74, 6) is -2.27. The summed E-state index contributed by atoms with van der Waals surface area (Å²) in [7, 11) is 0. The van der Waals surface area contributed by atoms with Gasteiger partial charge in [0, 0.05) is 32.4 Å². The van der Waals surface area contributed by atoms with Crippen LogP contribution in [0.3, 0.4) is 0 Å².